The third kappa shape index (κ3) is 4.19. The number of benzene rings is 1. The zero-order valence-corrected chi connectivity index (χ0v) is 16.3. The molecule has 1 aromatic rings. The summed E-state index contributed by atoms with van der Waals surface area (Å²) in [7, 11) is 0. The van der Waals surface area contributed by atoms with Crippen LogP contribution in [0.15, 0.2) is 18.2 Å². The van der Waals surface area contributed by atoms with E-state index in [1.54, 1.807) is 0 Å². The Labute approximate surface area is 171 Å². The fourth-order valence-electron chi connectivity index (χ4n) is 4.10. The molecule has 7 nitrogen and oxygen atoms in total. The van der Waals surface area contributed by atoms with Gasteiger partial charge < -0.3 is 24.4 Å². The molecule has 2 saturated heterocycles. The van der Waals surface area contributed by atoms with Crippen molar-refractivity contribution in [3.05, 3.63) is 18.2 Å². The molecule has 164 valence electrons. The van der Waals surface area contributed by atoms with E-state index in [2.05, 4.69) is 4.90 Å². The Morgan fingerprint density at radius 2 is 1.80 bits per heavy atom. The van der Waals surface area contributed by atoms with Gasteiger partial charge in [0.05, 0.1) is 5.41 Å². The predicted molar refractivity (Wildman–Crippen MR) is 99.4 cm³/mol. The Hall–Kier alpha value is -2.49. The number of carbonyl (C=O) groups excluding carboxylic acids is 1. The first-order valence-electron chi connectivity index (χ1n) is 9.92. The molecule has 1 aromatic carbocycles. The molecule has 0 radical (unpaired) electrons. The van der Waals surface area contributed by atoms with E-state index in [9.17, 15) is 18.0 Å². The molecule has 1 amide bonds. The maximum atomic E-state index is 12.8. The number of aliphatic carboxylic acids is 1. The van der Waals surface area contributed by atoms with Crippen LogP contribution in [-0.4, -0.2) is 61.0 Å². The van der Waals surface area contributed by atoms with Crippen molar-refractivity contribution < 1.29 is 37.3 Å². The molecule has 0 aromatic heterocycles. The monoisotopic (exact) mass is 428 g/mol. The van der Waals surface area contributed by atoms with Crippen molar-refractivity contribution in [3.63, 3.8) is 0 Å². The van der Waals surface area contributed by atoms with E-state index in [4.69, 9.17) is 19.4 Å². The Balaban J connectivity index is 0.000000272. The normalized spacial score (nSPS) is 22.4. The number of carbonyl (C=O) groups is 2. The number of hydrogen-bond donors (Lipinski definition) is 1. The van der Waals surface area contributed by atoms with Gasteiger partial charge in [-0.1, -0.05) is 0 Å². The summed E-state index contributed by atoms with van der Waals surface area (Å²) < 4.78 is 42.5. The maximum Gasteiger partial charge on any atom is 0.490 e. The molecule has 1 aliphatic carbocycles. The molecule has 3 heterocycles. The topological polar surface area (TPSA) is 79.3 Å². The number of ether oxygens (including phenoxy) is 2. The summed E-state index contributed by atoms with van der Waals surface area (Å²) in [6.45, 7) is 4.53. The van der Waals surface area contributed by atoms with E-state index in [0.29, 0.717) is 5.91 Å². The van der Waals surface area contributed by atoms with Crippen molar-refractivity contribution in [1.82, 2.24) is 4.90 Å². The number of rotatable bonds is 3. The average Bonchev–Trinajstić information content (AvgIpc) is 3.39. The van der Waals surface area contributed by atoms with Gasteiger partial charge in [-0.2, -0.15) is 13.2 Å². The zero-order valence-electron chi connectivity index (χ0n) is 16.3. The Kier molecular flexibility index (Phi) is 5.29. The number of fused-ring (bicyclic) bond motifs is 1. The van der Waals surface area contributed by atoms with Gasteiger partial charge in [-0.15, -0.1) is 0 Å². The smallest absolute Gasteiger partial charge is 0.475 e. The summed E-state index contributed by atoms with van der Waals surface area (Å²) in [4.78, 5) is 26.2. The SMILES string of the molecule is O=C(O)C(F)(F)F.O=C1N(c2ccc3c(c2)OCO3)CC12CCN(CC1CC1)CC2. The molecule has 3 aliphatic heterocycles. The van der Waals surface area contributed by atoms with Crippen LogP contribution >= 0.6 is 0 Å². The fourth-order valence-corrected chi connectivity index (χ4v) is 4.10. The van der Waals surface area contributed by atoms with Crippen molar-refractivity contribution >= 4 is 17.6 Å². The minimum Gasteiger partial charge on any atom is -0.475 e. The lowest BCUT2D eigenvalue weighted by Gasteiger charge is -2.52. The van der Waals surface area contributed by atoms with Gasteiger partial charge in [0.25, 0.3) is 0 Å². The molecule has 5 rings (SSSR count). The Morgan fingerprint density at radius 3 is 2.37 bits per heavy atom. The minimum absolute atomic E-state index is 0.101. The zero-order chi connectivity index (χ0) is 21.5. The molecule has 3 fully saturated rings. The first-order chi connectivity index (χ1) is 14.2. The van der Waals surface area contributed by atoms with Gasteiger partial charge in [0, 0.05) is 24.8 Å². The minimum atomic E-state index is -5.08. The highest BCUT2D eigenvalue weighted by atomic mass is 19.4. The standard InChI is InChI=1S/C18H22N2O3.C2HF3O2/c21-17-18(5-7-19(8-6-18)10-13-1-2-13)11-20(17)14-3-4-15-16(9-14)23-12-22-15;3-2(4,5)1(6)7/h3-4,9,13H,1-2,5-8,10-12H2;(H,6,7). The second kappa shape index (κ2) is 7.64. The Bertz CT molecular complexity index is 832. The van der Waals surface area contributed by atoms with Gasteiger partial charge >= 0.3 is 12.1 Å². The number of piperidine rings is 1. The average molecular weight is 428 g/mol. The second-order valence-corrected chi connectivity index (χ2v) is 8.26. The van der Waals surface area contributed by atoms with Crippen LogP contribution in [0.25, 0.3) is 0 Å². The van der Waals surface area contributed by atoms with E-state index in [1.807, 2.05) is 23.1 Å². The van der Waals surface area contributed by atoms with Gasteiger partial charge in [-0.3, -0.25) is 4.79 Å². The first kappa shape index (κ1) is 20.8. The third-order valence-electron chi connectivity index (χ3n) is 6.10. The van der Waals surface area contributed by atoms with Crippen molar-refractivity contribution in [2.45, 2.75) is 31.9 Å². The Morgan fingerprint density at radius 1 is 1.17 bits per heavy atom. The van der Waals surface area contributed by atoms with Crippen molar-refractivity contribution in [3.8, 4) is 11.5 Å². The summed E-state index contributed by atoms with van der Waals surface area (Å²) >= 11 is 0. The van der Waals surface area contributed by atoms with Crippen molar-refractivity contribution in [2.75, 3.05) is 37.9 Å². The highest BCUT2D eigenvalue weighted by molar-refractivity contribution is 6.04. The van der Waals surface area contributed by atoms with Crippen LogP contribution in [0.4, 0.5) is 18.9 Å². The van der Waals surface area contributed by atoms with E-state index in [0.717, 1.165) is 55.6 Å². The van der Waals surface area contributed by atoms with Crippen LogP contribution in [0.1, 0.15) is 25.7 Å². The number of halogens is 3. The lowest BCUT2D eigenvalue weighted by Crippen LogP contribution is -2.65. The third-order valence-corrected chi connectivity index (χ3v) is 6.10. The molecule has 0 unspecified atom stereocenters. The van der Waals surface area contributed by atoms with Crippen LogP contribution in [0, 0.1) is 11.3 Å². The largest absolute Gasteiger partial charge is 0.490 e. The van der Waals surface area contributed by atoms with E-state index >= 15 is 0 Å². The van der Waals surface area contributed by atoms with Gasteiger partial charge in [-0.25, -0.2) is 4.79 Å². The number of amides is 1. The summed E-state index contributed by atoms with van der Waals surface area (Å²) in [5.74, 6) is -0.0125. The highest BCUT2D eigenvalue weighted by Crippen LogP contribution is 2.46. The summed E-state index contributed by atoms with van der Waals surface area (Å²) in [6, 6.07) is 5.78. The van der Waals surface area contributed by atoms with Crippen LogP contribution in [0.3, 0.4) is 0 Å². The van der Waals surface area contributed by atoms with Gasteiger partial charge in [0.2, 0.25) is 12.7 Å². The van der Waals surface area contributed by atoms with Crippen LogP contribution < -0.4 is 14.4 Å². The maximum absolute atomic E-state index is 12.8. The molecule has 0 atom stereocenters. The van der Waals surface area contributed by atoms with E-state index in [1.165, 1.54) is 19.4 Å². The number of β-lactam (4-membered cyclic amide) rings is 1. The number of carboxylic acids is 1. The molecular formula is C20H23F3N2O5. The molecule has 0 bridgehead atoms. The summed E-state index contributed by atoms with van der Waals surface area (Å²) in [6.07, 6.45) is -0.254. The molecular weight excluding hydrogens is 405 g/mol. The molecule has 1 saturated carbocycles. The summed E-state index contributed by atoms with van der Waals surface area (Å²) in [5, 5.41) is 7.12. The molecule has 1 N–H and O–H groups in total. The number of likely N-dealkylation sites (tertiary alicyclic amines) is 1. The summed E-state index contributed by atoms with van der Waals surface area (Å²) in [5.41, 5.74) is 0.835. The molecule has 10 heteroatoms. The van der Waals surface area contributed by atoms with Crippen LogP contribution in [0.2, 0.25) is 0 Å². The quantitative estimate of drug-likeness (QED) is 0.746. The first-order valence-corrected chi connectivity index (χ1v) is 9.92. The van der Waals surface area contributed by atoms with Crippen LogP contribution in [-0.2, 0) is 9.59 Å². The molecule has 1 spiro atoms. The van der Waals surface area contributed by atoms with Gasteiger partial charge in [-0.05, 0) is 56.8 Å². The number of hydrogen-bond acceptors (Lipinski definition) is 5. The van der Waals surface area contributed by atoms with Crippen molar-refractivity contribution in [1.29, 1.82) is 0 Å². The number of nitrogens with zero attached hydrogens (tertiary/aromatic N) is 2. The van der Waals surface area contributed by atoms with Crippen LogP contribution in [0.5, 0.6) is 11.5 Å². The van der Waals surface area contributed by atoms with E-state index < -0.39 is 12.1 Å². The van der Waals surface area contributed by atoms with Crippen molar-refractivity contribution in [2.24, 2.45) is 11.3 Å². The predicted octanol–water partition coefficient (Wildman–Crippen LogP) is 2.89. The van der Waals surface area contributed by atoms with E-state index in [-0.39, 0.29) is 12.2 Å². The number of carboxylic acid groups (broad SMARTS) is 1. The highest BCUT2D eigenvalue weighted by Gasteiger charge is 2.53. The van der Waals surface area contributed by atoms with Gasteiger partial charge in [0.1, 0.15) is 0 Å². The molecule has 30 heavy (non-hydrogen) atoms. The molecule has 4 aliphatic rings. The lowest BCUT2D eigenvalue weighted by atomic mass is 9.70. The number of anilines is 1. The van der Waals surface area contributed by atoms with Gasteiger partial charge in [0.15, 0.2) is 11.5 Å². The number of alkyl halides is 3. The fraction of sp³-hybridized carbons (Fsp3) is 0.600. The lowest BCUT2D eigenvalue weighted by molar-refractivity contribution is -0.192. The second-order valence-electron chi connectivity index (χ2n) is 8.26.